The number of unbranched alkanes of at least 4 members (excludes halogenated alkanes) is 1. The monoisotopic (exact) mass is 273 g/mol. The Morgan fingerprint density at radius 3 is 2.55 bits per heavy atom. The number of carboxylic acids is 1. The van der Waals surface area contributed by atoms with E-state index in [2.05, 4.69) is 38.5 Å². The third-order valence-electron chi connectivity index (χ3n) is 3.67. The van der Waals surface area contributed by atoms with Gasteiger partial charge in [-0.15, -0.1) is 0 Å². The van der Waals surface area contributed by atoms with Crippen LogP contribution in [0.15, 0.2) is 24.4 Å². The lowest BCUT2D eigenvalue weighted by atomic mass is 9.84. The summed E-state index contributed by atoms with van der Waals surface area (Å²) < 4.78 is 2.26. The Bertz CT molecular complexity index is 632. The molecule has 0 aliphatic heterocycles. The Balaban J connectivity index is 2.68. The topological polar surface area (TPSA) is 42.2 Å². The van der Waals surface area contributed by atoms with Crippen LogP contribution in [0.5, 0.6) is 0 Å². The Kier molecular flexibility index (Phi) is 3.89. The minimum atomic E-state index is -0.862. The summed E-state index contributed by atoms with van der Waals surface area (Å²) in [6, 6.07) is 5.62. The molecular formula is C17H23NO2. The molecule has 0 bridgehead atoms. The minimum absolute atomic E-state index is 0.0774. The standard InChI is InChI=1S/C17H23NO2/c1-5-6-8-18-9-7-12-10-13(16(19)20)11-14(15(12)18)17(2,3)4/h7,9-11H,5-6,8H2,1-4H3,(H,19,20). The molecule has 1 aromatic heterocycles. The van der Waals surface area contributed by atoms with Crippen molar-refractivity contribution in [2.24, 2.45) is 0 Å². The van der Waals surface area contributed by atoms with Crippen molar-refractivity contribution in [3.8, 4) is 0 Å². The molecule has 0 atom stereocenters. The molecule has 0 spiro atoms. The van der Waals surface area contributed by atoms with Crippen molar-refractivity contribution in [3.05, 3.63) is 35.5 Å². The van der Waals surface area contributed by atoms with Crippen molar-refractivity contribution < 1.29 is 9.90 Å². The van der Waals surface area contributed by atoms with Crippen molar-refractivity contribution in [2.45, 2.75) is 52.5 Å². The van der Waals surface area contributed by atoms with E-state index in [-0.39, 0.29) is 5.41 Å². The van der Waals surface area contributed by atoms with Gasteiger partial charge in [0, 0.05) is 18.1 Å². The Morgan fingerprint density at radius 1 is 1.30 bits per heavy atom. The van der Waals surface area contributed by atoms with Gasteiger partial charge >= 0.3 is 5.97 Å². The zero-order chi connectivity index (χ0) is 14.9. The first-order chi connectivity index (χ1) is 9.34. The number of aryl methyl sites for hydroxylation is 1. The Morgan fingerprint density at radius 2 is 2.00 bits per heavy atom. The predicted molar refractivity (Wildman–Crippen MR) is 82.5 cm³/mol. The molecule has 20 heavy (non-hydrogen) atoms. The van der Waals surface area contributed by atoms with E-state index in [9.17, 15) is 9.90 Å². The number of rotatable bonds is 4. The van der Waals surface area contributed by atoms with Crippen LogP contribution >= 0.6 is 0 Å². The van der Waals surface area contributed by atoms with E-state index in [1.54, 1.807) is 6.07 Å². The summed E-state index contributed by atoms with van der Waals surface area (Å²) in [6.07, 6.45) is 4.35. The van der Waals surface area contributed by atoms with E-state index in [4.69, 9.17) is 0 Å². The fourth-order valence-electron chi connectivity index (χ4n) is 2.56. The van der Waals surface area contributed by atoms with E-state index >= 15 is 0 Å². The summed E-state index contributed by atoms with van der Waals surface area (Å²) in [5.41, 5.74) is 2.58. The second-order valence-electron chi connectivity index (χ2n) is 6.38. The SMILES string of the molecule is CCCCn1ccc2cc(C(=O)O)cc(C(C)(C)C)c21. The highest BCUT2D eigenvalue weighted by Gasteiger charge is 2.21. The van der Waals surface area contributed by atoms with Crippen LogP contribution in [0, 0.1) is 0 Å². The lowest BCUT2D eigenvalue weighted by Gasteiger charge is -2.22. The van der Waals surface area contributed by atoms with Gasteiger partial charge in [-0.25, -0.2) is 4.79 Å². The molecule has 2 rings (SSSR count). The van der Waals surface area contributed by atoms with Gasteiger partial charge in [0.2, 0.25) is 0 Å². The summed E-state index contributed by atoms with van der Waals surface area (Å²) in [6.45, 7) is 9.55. The molecule has 108 valence electrons. The van der Waals surface area contributed by atoms with Crippen LogP contribution in [0.4, 0.5) is 0 Å². The number of aromatic nitrogens is 1. The van der Waals surface area contributed by atoms with E-state index < -0.39 is 5.97 Å². The van der Waals surface area contributed by atoms with Crippen LogP contribution in [-0.2, 0) is 12.0 Å². The maximum Gasteiger partial charge on any atom is 0.335 e. The molecule has 1 heterocycles. The second kappa shape index (κ2) is 5.31. The molecule has 0 saturated heterocycles. The maximum atomic E-state index is 11.3. The average molecular weight is 273 g/mol. The smallest absolute Gasteiger partial charge is 0.335 e. The number of hydrogen-bond donors (Lipinski definition) is 1. The van der Waals surface area contributed by atoms with Crippen LogP contribution < -0.4 is 0 Å². The lowest BCUT2D eigenvalue weighted by molar-refractivity contribution is 0.0697. The second-order valence-corrected chi connectivity index (χ2v) is 6.38. The van der Waals surface area contributed by atoms with Crippen molar-refractivity contribution >= 4 is 16.9 Å². The summed E-state index contributed by atoms with van der Waals surface area (Å²) in [7, 11) is 0. The largest absolute Gasteiger partial charge is 0.478 e. The predicted octanol–water partition coefficient (Wildman–Crippen LogP) is 4.44. The van der Waals surface area contributed by atoms with Crippen LogP contribution in [-0.4, -0.2) is 15.6 Å². The van der Waals surface area contributed by atoms with E-state index in [0.29, 0.717) is 5.56 Å². The number of benzene rings is 1. The third-order valence-corrected chi connectivity index (χ3v) is 3.67. The highest BCUT2D eigenvalue weighted by Crippen LogP contribution is 2.32. The van der Waals surface area contributed by atoms with Crippen LogP contribution in [0.2, 0.25) is 0 Å². The number of carboxylic acid groups (broad SMARTS) is 1. The minimum Gasteiger partial charge on any atom is -0.478 e. The van der Waals surface area contributed by atoms with E-state index in [1.807, 2.05) is 12.1 Å². The normalized spacial score (nSPS) is 12.0. The zero-order valence-electron chi connectivity index (χ0n) is 12.7. The fraction of sp³-hybridized carbons (Fsp3) is 0.471. The van der Waals surface area contributed by atoms with Gasteiger partial charge in [0.15, 0.2) is 0 Å². The third kappa shape index (κ3) is 2.72. The number of nitrogens with zero attached hydrogens (tertiary/aromatic N) is 1. The first kappa shape index (κ1) is 14.6. The van der Waals surface area contributed by atoms with Gasteiger partial charge in [0.1, 0.15) is 0 Å². The first-order valence-electron chi connectivity index (χ1n) is 7.21. The average Bonchev–Trinajstić information content (AvgIpc) is 2.76. The summed E-state index contributed by atoms with van der Waals surface area (Å²) in [5.74, 6) is -0.862. The Labute approximate surface area is 120 Å². The highest BCUT2D eigenvalue weighted by molar-refractivity contribution is 5.95. The van der Waals surface area contributed by atoms with Gasteiger partial charge in [-0.3, -0.25) is 0 Å². The first-order valence-corrected chi connectivity index (χ1v) is 7.21. The summed E-state index contributed by atoms with van der Waals surface area (Å²) in [4.78, 5) is 11.3. The van der Waals surface area contributed by atoms with Gasteiger partial charge in [-0.1, -0.05) is 34.1 Å². The molecule has 1 aromatic carbocycles. The quantitative estimate of drug-likeness (QED) is 0.895. The van der Waals surface area contributed by atoms with Gasteiger partial charge in [0.05, 0.1) is 11.1 Å². The van der Waals surface area contributed by atoms with Gasteiger partial charge in [-0.05, 0) is 35.6 Å². The molecule has 0 aliphatic carbocycles. The molecule has 3 nitrogen and oxygen atoms in total. The van der Waals surface area contributed by atoms with Crippen LogP contribution in [0.1, 0.15) is 56.5 Å². The fourth-order valence-corrected chi connectivity index (χ4v) is 2.56. The summed E-state index contributed by atoms with van der Waals surface area (Å²) >= 11 is 0. The molecule has 0 aliphatic rings. The zero-order valence-corrected chi connectivity index (χ0v) is 12.7. The van der Waals surface area contributed by atoms with E-state index in [1.165, 1.54) is 5.52 Å². The van der Waals surface area contributed by atoms with Crippen molar-refractivity contribution in [3.63, 3.8) is 0 Å². The van der Waals surface area contributed by atoms with Crippen molar-refractivity contribution in [1.82, 2.24) is 4.57 Å². The number of aromatic carboxylic acids is 1. The van der Waals surface area contributed by atoms with Crippen LogP contribution in [0.25, 0.3) is 10.9 Å². The number of fused-ring (bicyclic) bond motifs is 1. The number of hydrogen-bond acceptors (Lipinski definition) is 1. The lowest BCUT2D eigenvalue weighted by Crippen LogP contribution is -2.15. The Hall–Kier alpha value is -1.77. The van der Waals surface area contributed by atoms with Gasteiger partial charge in [0.25, 0.3) is 0 Å². The molecule has 1 N–H and O–H groups in total. The molecule has 0 unspecified atom stereocenters. The van der Waals surface area contributed by atoms with Crippen molar-refractivity contribution in [2.75, 3.05) is 0 Å². The number of carbonyl (C=O) groups is 1. The van der Waals surface area contributed by atoms with Crippen LogP contribution in [0.3, 0.4) is 0 Å². The summed E-state index contributed by atoms with van der Waals surface area (Å²) in [5, 5.41) is 10.3. The van der Waals surface area contributed by atoms with Crippen molar-refractivity contribution in [1.29, 1.82) is 0 Å². The molecule has 0 fully saturated rings. The molecule has 3 heteroatoms. The molecule has 2 aromatic rings. The van der Waals surface area contributed by atoms with Gasteiger partial charge in [-0.2, -0.15) is 0 Å². The molecule has 0 saturated carbocycles. The van der Waals surface area contributed by atoms with Gasteiger partial charge < -0.3 is 9.67 Å². The molecule has 0 radical (unpaired) electrons. The highest BCUT2D eigenvalue weighted by atomic mass is 16.4. The maximum absolute atomic E-state index is 11.3. The molecule has 0 amide bonds. The van der Waals surface area contributed by atoms with E-state index in [0.717, 1.165) is 30.3 Å². The molecular weight excluding hydrogens is 250 g/mol.